The van der Waals surface area contributed by atoms with Crippen molar-refractivity contribution in [2.75, 3.05) is 14.2 Å². The van der Waals surface area contributed by atoms with E-state index >= 15 is 0 Å². The Morgan fingerprint density at radius 1 is 1.13 bits per heavy atom. The molecule has 0 saturated heterocycles. The Kier molecular flexibility index (Phi) is 5.09. The topological polar surface area (TPSA) is 78.7 Å². The molecule has 0 aliphatic rings. The molecule has 118 valence electrons. The summed E-state index contributed by atoms with van der Waals surface area (Å²) in [5.74, 6) is 0.291. The quantitative estimate of drug-likeness (QED) is 0.353. The smallest absolute Gasteiger partial charge is 0.269 e. The van der Waals surface area contributed by atoms with Crippen molar-refractivity contribution in [2.45, 2.75) is 0 Å². The van der Waals surface area contributed by atoms with Crippen molar-refractivity contribution in [3.05, 3.63) is 75.5 Å². The highest BCUT2D eigenvalue weighted by Crippen LogP contribution is 2.23. The van der Waals surface area contributed by atoms with Gasteiger partial charge in [-0.1, -0.05) is 6.07 Å². The number of methoxy groups -OCH3 is 2. The predicted octanol–water partition coefficient (Wildman–Crippen LogP) is 3.45. The molecule has 0 unspecified atom stereocenters. The molecular weight excluding hydrogens is 298 g/mol. The summed E-state index contributed by atoms with van der Waals surface area (Å²) in [6.07, 6.45) is 3.13. The second kappa shape index (κ2) is 7.22. The molecule has 23 heavy (non-hydrogen) atoms. The maximum Gasteiger partial charge on any atom is 0.269 e. The molecule has 0 spiro atoms. The average Bonchev–Trinajstić information content (AvgIpc) is 2.59. The summed E-state index contributed by atoms with van der Waals surface area (Å²) in [6, 6.07) is 10.6. The summed E-state index contributed by atoms with van der Waals surface area (Å²) >= 11 is 0. The minimum Gasteiger partial charge on any atom is -0.504 e. The molecule has 0 radical (unpaired) electrons. The van der Waals surface area contributed by atoms with Gasteiger partial charge in [0.2, 0.25) is 0 Å². The highest BCUT2D eigenvalue weighted by atomic mass is 16.6. The Labute approximate surface area is 133 Å². The van der Waals surface area contributed by atoms with Gasteiger partial charge in [0.05, 0.1) is 25.4 Å². The van der Waals surface area contributed by atoms with E-state index in [1.54, 1.807) is 24.3 Å². The van der Waals surface area contributed by atoms with E-state index in [1.807, 2.05) is 0 Å². The van der Waals surface area contributed by atoms with Crippen molar-refractivity contribution in [1.82, 2.24) is 0 Å². The summed E-state index contributed by atoms with van der Waals surface area (Å²) in [5.41, 5.74) is 1.38. The maximum atomic E-state index is 12.7. The highest BCUT2D eigenvalue weighted by Gasteiger charge is 2.15. The lowest BCUT2D eigenvalue weighted by Gasteiger charge is -2.08. The van der Waals surface area contributed by atoms with Crippen LogP contribution in [0.5, 0.6) is 5.75 Å². The van der Waals surface area contributed by atoms with Crippen LogP contribution in [0.15, 0.2) is 48.7 Å². The monoisotopic (exact) mass is 313 g/mol. The van der Waals surface area contributed by atoms with E-state index in [1.165, 1.54) is 44.7 Å². The molecule has 6 nitrogen and oxygen atoms in total. The lowest BCUT2D eigenvalue weighted by Crippen LogP contribution is -2.04. The van der Waals surface area contributed by atoms with Crippen LogP contribution in [0.1, 0.15) is 21.5 Å². The average molecular weight is 313 g/mol. The molecule has 0 saturated carbocycles. The first-order valence-electron chi connectivity index (χ1n) is 6.73. The van der Waals surface area contributed by atoms with Crippen LogP contribution >= 0.6 is 0 Å². The van der Waals surface area contributed by atoms with Crippen molar-refractivity contribution >= 4 is 17.5 Å². The largest absolute Gasteiger partial charge is 0.504 e. The number of carbonyl (C=O) groups excluding carboxylic acids is 1. The van der Waals surface area contributed by atoms with E-state index in [9.17, 15) is 14.9 Å². The third-order valence-corrected chi connectivity index (χ3v) is 3.23. The Balaban J connectivity index is 2.43. The number of nitro groups is 1. The Bertz CT molecular complexity index is 750. The number of rotatable bonds is 6. The number of nitrogens with zero attached hydrogens (tertiary/aromatic N) is 1. The molecule has 0 fully saturated rings. The number of hydrogen-bond donors (Lipinski definition) is 0. The van der Waals surface area contributed by atoms with Gasteiger partial charge in [-0.25, -0.2) is 0 Å². The maximum absolute atomic E-state index is 12.7. The summed E-state index contributed by atoms with van der Waals surface area (Å²) < 4.78 is 10.0. The number of nitro benzene ring substituents is 1. The van der Waals surface area contributed by atoms with E-state index in [4.69, 9.17) is 9.47 Å². The highest BCUT2D eigenvalue weighted by molar-refractivity contribution is 6.11. The number of non-ortho nitro benzene ring substituents is 1. The van der Waals surface area contributed by atoms with Gasteiger partial charge >= 0.3 is 0 Å². The second-order valence-corrected chi connectivity index (χ2v) is 4.62. The number of carbonyl (C=O) groups is 1. The Hall–Kier alpha value is -3.15. The molecule has 0 heterocycles. The van der Waals surface area contributed by atoms with Gasteiger partial charge in [-0.2, -0.15) is 0 Å². The zero-order chi connectivity index (χ0) is 16.8. The van der Waals surface area contributed by atoms with Gasteiger partial charge in [-0.3, -0.25) is 14.9 Å². The minimum atomic E-state index is -0.507. The molecule has 0 N–H and O–H groups in total. The third-order valence-electron chi connectivity index (χ3n) is 3.23. The van der Waals surface area contributed by atoms with Crippen LogP contribution in [0.3, 0.4) is 0 Å². The van der Waals surface area contributed by atoms with E-state index in [0.29, 0.717) is 22.4 Å². The lowest BCUT2D eigenvalue weighted by atomic mass is 9.98. The van der Waals surface area contributed by atoms with E-state index in [-0.39, 0.29) is 11.5 Å². The minimum absolute atomic E-state index is 0.0632. The van der Waals surface area contributed by atoms with Crippen molar-refractivity contribution in [3.8, 4) is 5.75 Å². The number of ether oxygens (including phenoxy) is 2. The first-order chi connectivity index (χ1) is 11.1. The standard InChI is InChI=1S/C17H15NO5/c1-22-10-9-12-5-8-15(23-2)11-16(12)17(19)13-3-6-14(7-4-13)18(20)21/h3-11H,1-2H3. The van der Waals surface area contributed by atoms with Crippen molar-refractivity contribution in [3.63, 3.8) is 0 Å². The van der Waals surface area contributed by atoms with Crippen LogP contribution in [0.25, 0.3) is 6.08 Å². The molecule has 2 aromatic rings. The van der Waals surface area contributed by atoms with Gasteiger partial charge in [0, 0.05) is 23.3 Å². The van der Waals surface area contributed by atoms with Crippen molar-refractivity contribution < 1.29 is 19.2 Å². The first-order valence-corrected chi connectivity index (χ1v) is 6.73. The predicted molar refractivity (Wildman–Crippen MR) is 85.6 cm³/mol. The fraction of sp³-hybridized carbons (Fsp3) is 0.118. The molecule has 2 rings (SSSR count). The molecule has 2 aromatic carbocycles. The zero-order valence-electron chi connectivity index (χ0n) is 12.7. The van der Waals surface area contributed by atoms with Crippen molar-refractivity contribution in [1.29, 1.82) is 0 Å². The van der Waals surface area contributed by atoms with Crippen LogP contribution in [0.4, 0.5) is 5.69 Å². The van der Waals surface area contributed by atoms with Gasteiger partial charge in [-0.05, 0) is 35.9 Å². The van der Waals surface area contributed by atoms with Crippen LogP contribution in [0, 0.1) is 10.1 Å². The van der Waals surface area contributed by atoms with Gasteiger partial charge in [0.25, 0.3) is 5.69 Å². The van der Waals surface area contributed by atoms with Gasteiger partial charge in [0.15, 0.2) is 5.78 Å². The molecule has 0 aromatic heterocycles. The number of hydrogen-bond acceptors (Lipinski definition) is 5. The lowest BCUT2D eigenvalue weighted by molar-refractivity contribution is -0.384. The van der Waals surface area contributed by atoms with Crippen LogP contribution < -0.4 is 4.74 Å². The fourth-order valence-corrected chi connectivity index (χ4v) is 2.04. The van der Waals surface area contributed by atoms with Crippen LogP contribution in [0.2, 0.25) is 0 Å². The SMILES string of the molecule is COC=Cc1ccc(OC)cc1C(=O)c1ccc([N+](=O)[O-])cc1. The van der Waals surface area contributed by atoms with E-state index in [0.717, 1.165) is 0 Å². The van der Waals surface area contributed by atoms with Crippen molar-refractivity contribution in [2.24, 2.45) is 0 Å². The van der Waals surface area contributed by atoms with E-state index < -0.39 is 4.92 Å². The summed E-state index contributed by atoms with van der Waals surface area (Å²) in [5, 5.41) is 10.7. The zero-order valence-corrected chi connectivity index (χ0v) is 12.7. The van der Waals surface area contributed by atoms with Gasteiger partial charge in [0.1, 0.15) is 5.75 Å². The normalized spacial score (nSPS) is 10.5. The second-order valence-electron chi connectivity index (χ2n) is 4.62. The first kappa shape index (κ1) is 16.2. The molecule has 6 heteroatoms. The summed E-state index contributed by atoms with van der Waals surface area (Å²) in [7, 11) is 3.03. The molecule has 0 bridgehead atoms. The summed E-state index contributed by atoms with van der Waals surface area (Å²) in [6.45, 7) is 0. The fourth-order valence-electron chi connectivity index (χ4n) is 2.04. The molecule has 0 aliphatic carbocycles. The van der Waals surface area contributed by atoms with Crippen LogP contribution in [-0.4, -0.2) is 24.9 Å². The Morgan fingerprint density at radius 3 is 2.39 bits per heavy atom. The molecule has 0 amide bonds. The molecule has 0 atom stereocenters. The number of ketones is 1. The Morgan fingerprint density at radius 2 is 1.83 bits per heavy atom. The summed E-state index contributed by atoms with van der Waals surface area (Å²) in [4.78, 5) is 22.9. The number of benzene rings is 2. The molecule has 0 aliphatic heterocycles. The van der Waals surface area contributed by atoms with E-state index in [2.05, 4.69) is 0 Å². The third kappa shape index (κ3) is 3.74. The molecular formula is C17H15NO5. The van der Waals surface area contributed by atoms with Crippen LogP contribution in [-0.2, 0) is 4.74 Å². The van der Waals surface area contributed by atoms with Gasteiger partial charge < -0.3 is 9.47 Å². The van der Waals surface area contributed by atoms with Gasteiger partial charge in [-0.15, -0.1) is 0 Å².